The van der Waals surface area contributed by atoms with E-state index < -0.39 is 11.7 Å². The number of nitrogens with one attached hydrogen (secondary N) is 2. The van der Waals surface area contributed by atoms with Crippen molar-refractivity contribution in [2.75, 3.05) is 11.9 Å². The van der Waals surface area contributed by atoms with Gasteiger partial charge in [0.25, 0.3) is 5.91 Å². The van der Waals surface area contributed by atoms with E-state index in [4.69, 9.17) is 16.3 Å². The lowest BCUT2D eigenvalue weighted by atomic mass is 10.3. The summed E-state index contributed by atoms with van der Waals surface area (Å²) in [5.41, 5.74) is 2.06. The monoisotopic (exact) mass is 483 g/mol. The highest BCUT2D eigenvalue weighted by Gasteiger charge is 2.19. The molecule has 3 aromatic rings. The van der Waals surface area contributed by atoms with E-state index in [1.807, 2.05) is 5.48 Å². The minimum absolute atomic E-state index is 0.0761. The van der Waals surface area contributed by atoms with Crippen LogP contribution < -0.4 is 15.5 Å². The second-order valence-corrected chi connectivity index (χ2v) is 6.71. The van der Waals surface area contributed by atoms with Crippen molar-refractivity contribution in [1.29, 1.82) is 0 Å². The SMILES string of the molecule is O=C(COc1ccc(Cl)cc1)Nc1nonc1C(=Nc1ccc(F)c(Br)c1)NO. The second-order valence-electron chi connectivity index (χ2n) is 5.42. The third kappa shape index (κ3) is 5.50. The molecule has 0 spiro atoms. The number of aromatic nitrogens is 2. The number of rotatable bonds is 6. The maximum Gasteiger partial charge on any atom is 0.263 e. The molecule has 0 aliphatic heterocycles. The van der Waals surface area contributed by atoms with Gasteiger partial charge in [-0.05, 0) is 68.7 Å². The molecule has 0 atom stereocenters. The lowest BCUT2D eigenvalue weighted by Crippen LogP contribution is -2.25. The van der Waals surface area contributed by atoms with Gasteiger partial charge < -0.3 is 10.1 Å². The third-order valence-electron chi connectivity index (χ3n) is 3.40. The minimum Gasteiger partial charge on any atom is -0.484 e. The standard InChI is InChI=1S/C17H12BrClFN5O4/c18-12-7-10(3-6-13(12)20)21-16(23-27)15-17(25-29-24-15)22-14(26)8-28-11-4-1-9(19)2-5-11/h1-7,27H,8H2,(H,21,23)(H,22,25,26). The van der Waals surface area contributed by atoms with E-state index in [2.05, 4.69) is 41.2 Å². The average Bonchev–Trinajstić information content (AvgIpc) is 3.16. The molecule has 12 heteroatoms. The van der Waals surface area contributed by atoms with E-state index in [1.165, 1.54) is 18.2 Å². The number of benzene rings is 2. The summed E-state index contributed by atoms with van der Waals surface area (Å²) in [6.45, 7) is -0.322. The van der Waals surface area contributed by atoms with Gasteiger partial charge in [-0.3, -0.25) is 15.5 Å². The summed E-state index contributed by atoms with van der Waals surface area (Å²) in [7, 11) is 0. The second kappa shape index (κ2) is 9.45. The summed E-state index contributed by atoms with van der Waals surface area (Å²) in [5, 5.41) is 19.5. The summed E-state index contributed by atoms with van der Waals surface area (Å²) in [6, 6.07) is 10.4. The van der Waals surface area contributed by atoms with Gasteiger partial charge in [0.05, 0.1) is 10.2 Å². The quantitative estimate of drug-likeness (QED) is 0.277. The van der Waals surface area contributed by atoms with Crippen molar-refractivity contribution >= 4 is 50.8 Å². The van der Waals surface area contributed by atoms with E-state index in [1.54, 1.807) is 24.3 Å². The number of carbonyl (C=O) groups is 1. The first-order valence-corrected chi connectivity index (χ1v) is 9.08. The van der Waals surface area contributed by atoms with Gasteiger partial charge in [-0.15, -0.1) is 0 Å². The molecular weight excluding hydrogens is 473 g/mol. The summed E-state index contributed by atoms with van der Waals surface area (Å²) >= 11 is 8.83. The summed E-state index contributed by atoms with van der Waals surface area (Å²) < 4.78 is 23.5. The molecule has 3 N–H and O–H groups in total. The smallest absolute Gasteiger partial charge is 0.263 e. The van der Waals surface area contributed by atoms with Gasteiger partial charge in [0, 0.05) is 5.02 Å². The lowest BCUT2D eigenvalue weighted by molar-refractivity contribution is -0.118. The van der Waals surface area contributed by atoms with Crippen LogP contribution in [0.2, 0.25) is 5.02 Å². The zero-order valence-corrected chi connectivity index (χ0v) is 16.7. The molecular formula is C17H12BrClFN5O4. The predicted octanol–water partition coefficient (Wildman–Crippen LogP) is 3.70. The van der Waals surface area contributed by atoms with Crippen molar-refractivity contribution in [3.05, 3.63) is 63.5 Å². The lowest BCUT2D eigenvalue weighted by Gasteiger charge is -2.07. The molecule has 0 unspecified atom stereocenters. The molecule has 1 heterocycles. The Hall–Kier alpha value is -3.02. The normalized spacial score (nSPS) is 11.2. The van der Waals surface area contributed by atoms with Crippen LogP contribution in [-0.4, -0.2) is 33.9 Å². The van der Waals surface area contributed by atoms with Gasteiger partial charge in [0.15, 0.2) is 18.1 Å². The highest BCUT2D eigenvalue weighted by Crippen LogP contribution is 2.23. The molecule has 3 rings (SSSR count). The third-order valence-corrected chi connectivity index (χ3v) is 4.26. The average molecular weight is 485 g/mol. The van der Waals surface area contributed by atoms with Gasteiger partial charge >= 0.3 is 0 Å². The van der Waals surface area contributed by atoms with Gasteiger partial charge in [0.1, 0.15) is 11.6 Å². The molecule has 150 valence electrons. The fourth-order valence-electron chi connectivity index (χ4n) is 2.09. The molecule has 2 aromatic carbocycles. The number of halogens is 3. The Morgan fingerprint density at radius 3 is 2.72 bits per heavy atom. The number of amides is 1. The van der Waals surface area contributed by atoms with E-state index in [0.717, 1.165) is 0 Å². The molecule has 0 aliphatic rings. The molecule has 1 aromatic heterocycles. The Balaban J connectivity index is 1.71. The molecule has 9 nitrogen and oxygen atoms in total. The van der Waals surface area contributed by atoms with Crippen LogP contribution in [0.25, 0.3) is 0 Å². The van der Waals surface area contributed by atoms with Crippen LogP contribution >= 0.6 is 27.5 Å². The van der Waals surface area contributed by atoms with Crippen LogP contribution in [0.1, 0.15) is 5.69 Å². The number of anilines is 1. The Labute approximate surface area is 176 Å². The first-order chi connectivity index (χ1) is 14.0. The number of carbonyl (C=O) groups excluding carboxylic acids is 1. The molecule has 0 radical (unpaired) electrons. The van der Waals surface area contributed by atoms with Gasteiger partial charge in [-0.2, -0.15) is 0 Å². The Bertz CT molecular complexity index is 1040. The maximum atomic E-state index is 13.4. The summed E-state index contributed by atoms with van der Waals surface area (Å²) in [4.78, 5) is 16.2. The van der Waals surface area contributed by atoms with Crippen molar-refractivity contribution in [3.63, 3.8) is 0 Å². The highest BCUT2D eigenvalue weighted by molar-refractivity contribution is 9.10. The first kappa shape index (κ1) is 20.7. The van der Waals surface area contributed by atoms with Crippen LogP contribution in [0.15, 0.2) is 56.6 Å². The van der Waals surface area contributed by atoms with Crippen molar-refractivity contribution < 1.29 is 23.8 Å². The number of hydroxylamine groups is 1. The van der Waals surface area contributed by atoms with Gasteiger partial charge in [-0.25, -0.2) is 14.0 Å². The highest BCUT2D eigenvalue weighted by atomic mass is 79.9. The predicted molar refractivity (Wildman–Crippen MR) is 105 cm³/mol. The maximum absolute atomic E-state index is 13.4. The molecule has 29 heavy (non-hydrogen) atoms. The zero-order chi connectivity index (χ0) is 20.8. The zero-order valence-electron chi connectivity index (χ0n) is 14.4. The molecule has 0 saturated heterocycles. The fraction of sp³-hybridized carbons (Fsp3) is 0.0588. The van der Waals surface area contributed by atoms with E-state index in [-0.39, 0.29) is 28.4 Å². The number of hydrogen-bond donors (Lipinski definition) is 3. The fourth-order valence-corrected chi connectivity index (χ4v) is 2.58. The number of nitrogens with zero attached hydrogens (tertiary/aromatic N) is 3. The Kier molecular flexibility index (Phi) is 6.75. The van der Waals surface area contributed by atoms with Crippen LogP contribution in [0, 0.1) is 5.82 Å². The van der Waals surface area contributed by atoms with Crippen molar-refractivity contribution in [3.8, 4) is 5.75 Å². The molecule has 0 fully saturated rings. The Morgan fingerprint density at radius 2 is 2.03 bits per heavy atom. The van der Waals surface area contributed by atoms with E-state index in [0.29, 0.717) is 16.5 Å². The number of ether oxygens (including phenoxy) is 1. The van der Waals surface area contributed by atoms with Crippen LogP contribution in [0.5, 0.6) is 5.75 Å². The molecule has 0 aliphatic carbocycles. The summed E-state index contributed by atoms with van der Waals surface area (Å²) in [6.07, 6.45) is 0. The number of aliphatic imine (C=N–C) groups is 1. The number of amidine groups is 1. The van der Waals surface area contributed by atoms with Crippen LogP contribution in [0.4, 0.5) is 15.9 Å². The van der Waals surface area contributed by atoms with Crippen LogP contribution in [0.3, 0.4) is 0 Å². The molecule has 0 bridgehead atoms. The van der Waals surface area contributed by atoms with Gasteiger partial charge in [-0.1, -0.05) is 11.6 Å². The number of hydrogen-bond acceptors (Lipinski definition) is 7. The minimum atomic E-state index is -0.557. The van der Waals surface area contributed by atoms with E-state index >= 15 is 0 Å². The molecule has 1 amide bonds. The van der Waals surface area contributed by atoms with Gasteiger partial charge in [0.2, 0.25) is 5.82 Å². The topological polar surface area (TPSA) is 122 Å². The van der Waals surface area contributed by atoms with Crippen molar-refractivity contribution in [2.24, 2.45) is 4.99 Å². The Morgan fingerprint density at radius 1 is 1.28 bits per heavy atom. The van der Waals surface area contributed by atoms with E-state index in [9.17, 15) is 14.4 Å². The van der Waals surface area contributed by atoms with Crippen LogP contribution in [-0.2, 0) is 4.79 Å². The first-order valence-electron chi connectivity index (χ1n) is 7.91. The van der Waals surface area contributed by atoms with Crippen molar-refractivity contribution in [2.45, 2.75) is 0 Å². The van der Waals surface area contributed by atoms with Crippen molar-refractivity contribution in [1.82, 2.24) is 15.8 Å². The molecule has 0 saturated carbocycles. The largest absolute Gasteiger partial charge is 0.484 e. The summed E-state index contributed by atoms with van der Waals surface area (Å²) in [5.74, 6) is -0.864.